The summed E-state index contributed by atoms with van der Waals surface area (Å²) in [5.41, 5.74) is 3.14. The Balaban J connectivity index is 0.000000383. The predicted molar refractivity (Wildman–Crippen MR) is 120 cm³/mol. The zero-order valence-corrected chi connectivity index (χ0v) is 19.6. The average molecular weight is 507 g/mol. The van der Waals surface area contributed by atoms with Gasteiger partial charge < -0.3 is 14.7 Å². The van der Waals surface area contributed by atoms with Crippen LogP contribution in [0.4, 0.5) is 18.3 Å². The van der Waals surface area contributed by atoms with Crippen LogP contribution in [-0.2, 0) is 16.0 Å². The van der Waals surface area contributed by atoms with E-state index >= 15 is 0 Å². The fraction of sp³-hybridized carbons (Fsp3) is 0.571. The molecule has 3 heterocycles. The number of carbonyl (C=O) groups is 1. The highest BCUT2D eigenvalue weighted by atomic mass is 35.5. The number of benzene rings is 1. The fourth-order valence-electron chi connectivity index (χ4n) is 4.08. The van der Waals surface area contributed by atoms with Gasteiger partial charge in [0.1, 0.15) is 5.51 Å². The molecule has 2 fully saturated rings. The Morgan fingerprint density at radius 3 is 2.45 bits per heavy atom. The minimum atomic E-state index is -5.08. The summed E-state index contributed by atoms with van der Waals surface area (Å²) < 4.78 is 37.7. The molecular weight excluding hydrogens is 481 g/mol. The molecule has 7 nitrogen and oxygen atoms in total. The number of piperidine rings is 1. The molecule has 33 heavy (non-hydrogen) atoms. The Hall–Kier alpha value is -1.95. The Bertz CT molecular complexity index is 878. The molecule has 1 aromatic carbocycles. The van der Waals surface area contributed by atoms with Crippen LogP contribution >= 0.6 is 22.9 Å². The number of nitrogens with zero attached hydrogens (tertiary/aromatic N) is 4. The van der Waals surface area contributed by atoms with Gasteiger partial charge in [0.25, 0.3) is 0 Å². The van der Waals surface area contributed by atoms with Crippen LogP contribution in [0.25, 0.3) is 0 Å². The van der Waals surface area contributed by atoms with Crippen LogP contribution in [0.1, 0.15) is 25.3 Å². The number of rotatable bonds is 4. The highest BCUT2D eigenvalue weighted by Gasteiger charge is 2.38. The number of anilines is 1. The van der Waals surface area contributed by atoms with Crippen molar-refractivity contribution in [3.8, 4) is 0 Å². The smallest absolute Gasteiger partial charge is 0.475 e. The first-order chi connectivity index (χ1) is 15.6. The second-order valence-corrected chi connectivity index (χ2v) is 9.32. The molecule has 0 saturated carbocycles. The third kappa shape index (κ3) is 7.53. The molecule has 2 aromatic rings. The number of carboxylic acids is 1. The van der Waals surface area contributed by atoms with E-state index < -0.39 is 12.1 Å². The van der Waals surface area contributed by atoms with E-state index in [0.717, 1.165) is 42.8 Å². The van der Waals surface area contributed by atoms with Gasteiger partial charge in [-0.3, -0.25) is 4.90 Å². The normalized spacial score (nSPS) is 22.5. The summed E-state index contributed by atoms with van der Waals surface area (Å²) in [6.07, 6.45) is -1.43. The van der Waals surface area contributed by atoms with Crippen molar-refractivity contribution >= 4 is 34.0 Å². The zero-order valence-electron chi connectivity index (χ0n) is 18.0. The van der Waals surface area contributed by atoms with E-state index in [4.69, 9.17) is 26.2 Å². The first-order valence-corrected chi connectivity index (χ1v) is 11.8. The summed E-state index contributed by atoms with van der Waals surface area (Å²) in [4.78, 5) is 14.0. The lowest BCUT2D eigenvalue weighted by Crippen LogP contribution is -2.56. The molecule has 0 spiro atoms. The van der Waals surface area contributed by atoms with Gasteiger partial charge in [0, 0.05) is 36.7 Å². The lowest BCUT2D eigenvalue weighted by molar-refractivity contribution is -0.192. The van der Waals surface area contributed by atoms with E-state index in [1.165, 1.54) is 18.4 Å². The van der Waals surface area contributed by atoms with E-state index in [9.17, 15) is 13.2 Å². The van der Waals surface area contributed by atoms with Crippen LogP contribution in [0.2, 0.25) is 5.02 Å². The van der Waals surface area contributed by atoms with Crippen LogP contribution < -0.4 is 4.90 Å². The van der Waals surface area contributed by atoms with Crippen LogP contribution in [-0.4, -0.2) is 76.8 Å². The van der Waals surface area contributed by atoms with Crippen molar-refractivity contribution in [1.29, 1.82) is 0 Å². The summed E-state index contributed by atoms with van der Waals surface area (Å²) in [7, 11) is 0. The molecule has 0 radical (unpaired) electrons. The minimum absolute atomic E-state index is 0.303. The number of ether oxygens (including phenoxy) is 1. The van der Waals surface area contributed by atoms with Crippen molar-refractivity contribution in [2.45, 2.75) is 50.6 Å². The molecule has 2 aliphatic heterocycles. The predicted octanol–water partition coefficient (Wildman–Crippen LogP) is 4.13. The molecule has 0 amide bonds. The highest BCUT2D eigenvalue weighted by Crippen LogP contribution is 2.28. The molecule has 0 bridgehead atoms. The quantitative estimate of drug-likeness (QED) is 0.668. The van der Waals surface area contributed by atoms with E-state index in [2.05, 4.69) is 39.1 Å². The Kier molecular flexibility index (Phi) is 8.91. The summed E-state index contributed by atoms with van der Waals surface area (Å²) in [5, 5.41) is 17.2. The lowest BCUT2D eigenvalue weighted by Gasteiger charge is -2.46. The maximum Gasteiger partial charge on any atom is 0.490 e. The van der Waals surface area contributed by atoms with E-state index in [1.54, 1.807) is 11.3 Å². The zero-order chi connectivity index (χ0) is 24.0. The Morgan fingerprint density at radius 2 is 1.91 bits per heavy atom. The largest absolute Gasteiger partial charge is 0.490 e. The summed E-state index contributed by atoms with van der Waals surface area (Å²) >= 11 is 7.66. The Labute approximate surface area is 199 Å². The number of carboxylic acid groups (broad SMARTS) is 1. The average Bonchev–Trinajstić information content (AvgIpc) is 3.31. The van der Waals surface area contributed by atoms with Gasteiger partial charge in [-0.1, -0.05) is 35.1 Å². The van der Waals surface area contributed by atoms with Gasteiger partial charge in [-0.05, 0) is 43.9 Å². The molecule has 1 N–H and O–H groups in total. The molecule has 4 rings (SSSR count). The molecule has 1 aromatic heterocycles. The third-order valence-corrected chi connectivity index (χ3v) is 6.69. The number of aliphatic carboxylic acids is 1. The number of halogens is 4. The van der Waals surface area contributed by atoms with Crippen molar-refractivity contribution in [3.05, 3.63) is 40.4 Å². The molecule has 0 unspecified atom stereocenters. The number of aromatic nitrogens is 2. The van der Waals surface area contributed by atoms with Crippen molar-refractivity contribution in [1.82, 2.24) is 15.1 Å². The SMILES string of the molecule is C[C@H]1CN(C2CCN(c3nncs3)CC2)[C@@H](Cc2ccc(Cl)cc2)CO1.O=C(O)C(F)(F)F. The molecule has 2 saturated heterocycles. The number of hydrogen-bond acceptors (Lipinski definition) is 7. The van der Waals surface area contributed by atoms with Gasteiger partial charge in [0.2, 0.25) is 5.13 Å². The number of morpholine rings is 1. The second-order valence-electron chi connectivity index (χ2n) is 8.07. The first kappa shape index (κ1) is 25.7. The van der Waals surface area contributed by atoms with Crippen molar-refractivity contribution in [2.24, 2.45) is 0 Å². The van der Waals surface area contributed by atoms with E-state index in [1.807, 2.05) is 17.6 Å². The number of alkyl halides is 3. The summed E-state index contributed by atoms with van der Waals surface area (Å²) in [6, 6.07) is 9.28. The Morgan fingerprint density at radius 1 is 1.27 bits per heavy atom. The molecular formula is C21H26ClF3N4O3S. The fourth-order valence-corrected chi connectivity index (χ4v) is 4.82. The van der Waals surface area contributed by atoms with Gasteiger partial charge in [0.15, 0.2) is 0 Å². The summed E-state index contributed by atoms with van der Waals surface area (Å²) in [6.45, 7) is 6.11. The highest BCUT2D eigenvalue weighted by molar-refractivity contribution is 7.13. The van der Waals surface area contributed by atoms with Gasteiger partial charge in [-0.15, -0.1) is 10.2 Å². The van der Waals surface area contributed by atoms with Crippen LogP contribution in [0.15, 0.2) is 29.8 Å². The van der Waals surface area contributed by atoms with Gasteiger partial charge in [-0.2, -0.15) is 13.2 Å². The standard InChI is InChI=1S/C19H25ClN4OS.C2HF3O2/c1-14-11-24(17-6-8-23(9-7-17)19-22-21-13-26-19)18(12-25-14)10-15-2-4-16(20)5-3-15;3-2(4,5)1(6)7/h2-5,13-14,17-18H,6-12H2,1H3;(H,6,7)/t14-,18-;/m0./s1. The summed E-state index contributed by atoms with van der Waals surface area (Å²) in [5.74, 6) is -2.76. The van der Waals surface area contributed by atoms with E-state index in [-0.39, 0.29) is 0 Å². The minimum Gasteiger partial charge on any atom is -0.475 e. The van der Waals surface area contributed by atoms with E-state index in [0.29, 0.717) is 18.2 Å². The second kappa shape index (κ2) is 11.5. The molecule has 2 atom stereocenters. The third-order valence-electron chi connectivity index (χ3n) is 5.69. The molecule has 0 aliphatic carbocycles. The lowest BCUT2D eigenvalue weighted by atomic mass is 9.96. The molecule has 182 valence electrons. The molecule has 12 heteroatoms. The van der Waals surface area contributed by atoms with Crippen molar-refractivity contribution in [3.63, 3.8) is 0 Å². The van der Waals surface area contributed by atoms with Crippen LogP contribution in [0, 0.1) is 0 Å². The van der Waals surface area contributed by atoms with Gasteiger partial charge >= 0.3 is 12.1 Å². The first-order valence-electron chi connectivity index (χ1n) is 10.6. The number of hydrogen-bond donors (Lipinski definition) is 1. The topological polar surface area (TPSA) is 78.8 Å². The van der Waals surface area contributed by atoms with Gasteiger partial charge in [0.05, 0.1) is 12.7 Å². The maximum absolute atomic E-state index is 10.6. The van der Waals surface area contributed by atoms with Gasteiger partial charge in [-0.25, -0.2) is 4.79 Å². The van der Waals surface area contributed by atoms with Crippen molar-refractivity contribution < 1.29 is 27.8 Å². The maximum atomic E-state index is 10.6. The monoisotopic (exact) mass is 506 g/mol. The van der Waals surface area contributed by atoms with Crippen LogP contribution in [0.3, 0.4) is 0 Å². The van der Waals surface area contributed by atoms with Crippen LogP contribution in [0.5, 0.6) is 0 Å². The van der Waals surface area contributed by atoms with Crippen molar-refractivity contribution in [2.75, 3.05) is 31.1 Å². The molecule has 2 aliphatic rings.